The van der Waals surface area contributed by atoms with E-state index >= 15 is 0 Å². The zero-order valence-corrected chi connectivity index (χ0v) is 13.2. The van der Waals surface area contributed by atoms with Crippen molar-refractivity contribution in [3.8, 4) is 0 Å². The van der Waals surface area contributed by atoms with Crippen LogP contribution in [-0.4, -0.2) is 26.4 Å². The molecule has 6 heteroatoms. The fraction of sp³-hybridized carbons (Fsp3) is 0.500. The number of hydrogen-bond donors (Lipinski definition) is 1. The van der Waals surface area contributed by atoms with Crippen LogP contribution in [-0.2, 0) is 14.6 Å². The van der Waals surface area contributed by atoms with E-state index in [0.717, 1.165) is 6.26 Å². The molecule has 1 amide bonds. The molecule has 0 saturated heterocycles. The van der Waals surface area contributed by atoms with Gasteiger partial charge in [-0.15, -0.1) is 0 Å². The van der Waals surface area contributed by atoms with Gasteiger partial charge in [0.05, 0.1) is 10.9 Å². The molecule has 0 saturated carbocycles. The maximum absolute atomic E-state index is 11.7. The summed E-state index contributed by atoms with van der Waals surface area (Å²) >= 11 is 0. The average molecular weight is 299 g/mol. The van der Waals surface area contributed by atoms with Gasteiger partial charge in [0, 0.05) is 6.26 Å². The topological polar surface area (TPSA) is 72.5 Å². The van der Waals surface area contributed by atoms with Gasteiger partial charge < -0.3 is 10.1 Å². The van der Waals surface area contributed by atoms with E-state index in [0.29, 0.717) is 5.56 Å². The Morgan fingerprint density at radius 3 is 2.40 bits per heavy atom. The van der Waals surface area contributed by atoms with E-state index in [1.807, 2.05) is 0 Å². The molecule has 1 aromatic rings. The molecule has 0 aliphatic carbocycles. The number of sulfone groups is 1. The number of ether oxygens (including phenoxy) is 1. The van der Waals surface area contributed by atoms with E-state index in [1.54, 1.807) is 45.9 Å². The number of amides is 1. The maximum atomic E-state index is 11.7. The number of hydrogen-bond acceptors (Lipinski definition) is 4. The summed E-state index contributed by atoms with van der Waals surface area (Å²) in [6.45, 7) is 7.11. The predicted molar refractivity (Wildman–Crippen MR) is 77.3 cm³/mol. The van der Waals surface area contributed by atoms with Crippen molar-refractivity contribution in [2.45, 2.75) is 44.2 Å². The Hall–Kier alpha value is -1.56. The molecule has 0 aliphatic rings. The highest BCUT2D eigenvalue weighted by atomic mass is 32.2. The van der Waals surface area contributed by atoms with Crippen LogP contribution < -0.4 is 5.32 Å². The first-order valence-corrected chi connectivity index (χ1v) is 8.18. The van der Waals surface area contributed by atoms with Gasteiger partial charge in [-0.2, -0.15) is 0 Å². The molecular formula is C14H21NO4S. The van der Waals surface area contributed by atoms with Gasteiger partial charge in [-0.25, -0.2) is 13.2 Å². The summed E-state index contributed by atoms with van der Waals surface area (Å²) in [6.07, 6.45) is 0.618. The molecule has 0 aromatic heterocycles. The summed E-state index contributed by atoms with van der Waals surface area (Å²) in [5, 5.41) is 2.68. The van der Waals surface area contributed by atoms with Crippen LogP contribution in [0.1, 0.15) is 39.3 Å². The van der Waals surface area contributed by atoms with E-state index in [9.17, 15) is 13.2 Å². The zero-order valence-electron chi connectivity index (χ0n) is 12.4. The molecule has 112 valence electrons. The Morgan fingerprint density at radius 2 is 1.90 bits per heavy atom. The molecule has 1 rings (SSSR count). The molecule has 1 N–H and O–H groups in total. The van der Waals surface area contributed by atoms with Crippen LogP contribution in [0.4, 0.5) is 4.79 Å². The lowest BCUT2D eigenvalue weighted by Gasteiger charge is -2.22. The summed E-state index contributed by atoms with van der Waals surface area (Å²) in [5.41, 5.74) is 0.136. The number of rotatable bonds is 3. The Labute approximate surface area is 120 Å². The van der Waals surface area contributed by atoms with Crippen molar-refractivity contribution < 1.29 is 17.9 Å². The number of benzene rings is 1. The molecule has 0 spiro atoms. The van der Waals surface area contributed by atoms with Crippen molar-refractivity contribution >= 4 is 15.9 Å². The molecule has 0 heterocycles. The van der Waals surface area contributed by atoms with Crippen LogP contribution >= 0.6 is 0 Å². The van der Waals surface area contributed by atoms with Crippen molar-refractivity contribution in [2.75, 3.05) is 6.26 Å². The first-order valence-electron chi connectivity index (χ1n) is 6.28. The van der Waals surface area contributed by atoms with Crippen molar-refractivity contribution in [3.63, 3.8) is 0 Å². The van der Waals surface area contributed by atoms with Crippen molar-refractivity contribution in [1.82, 2.24) is 5.32 Å². The first kappa shape index (κ1) is 16.5. The number of alkyl carbamates (subject to hydrolysis) is 1. The fourth-order valence-corrected chi connectivity index (χ4v) is 2.26. The summed E-state index contributed by atoms with van der Waals surface area (Å²) in [4.78, 5) is 11.9. The van der Waals surface area contributed by atoms with Gasteiger partial charge in [0.15, 0.2) is 9.84 Å². The van der Waals surface area contributed by atoms with Gasteiger partial charge in [0.25, 0.3) is 0 Å². The maximum Gasteiger partial charge on any atom is 0.408 e. The van der Waals surface area contributed by atoms with Gasteiger partial charge in [-0.1, -0.05) is 12.1 Å². The molecule has 0 fully saturated rings. The molecule has 5 nitrogen and oxygen atoms in total. The van der Waals surface area contributed by atoms with Gasteiger partial charge in [-0.3, -0.25) is 0 Å². The Kier molecular flexibility index (Phi) is 4.81. The quantitative estimate of drug-likeness (QED) is 0.931. The number of carbonyl (C=O) groups is 1. The third-order valence-corrected chi connectivity index (χ3v) is 3.63. The molecule has 1 unspecified atom stereocenters. The third kappa shape index (κ3) is 5.21. The molecule has 1 aromatic carbocycles. The van der Waals surface area contributed by atoms with Crippen molar-refractivity contribution in [1.29, 1.82) is 0 Å². The summed E-state index contributed by atoms with van der Waals surface area (Å²) in [6, 6.07) is 6.15. The number of nitrogens with one attached hydrogen (secondary N) is 1. The highest BCUT2D eigenvalue weighted by molar-refractivity contribution is 7.90. The third-order valence-electron chi connectivity index (χ3n) is 2.52. The molecule has 1 atom stereocenters. The van der Waals surface area contributed by atoms with Crippen LogP contribution in [0.15, 0.2) is 29.2 Å². The lowest BCUT2D eigenvalue weighted by Crippen LogP contribution is -2.34. The largest absolute Gasteiger partial charge is 0.444 e. The lowest BCUT2D eigenvalue weighted by atomic mass is 10.1. The minimum absolute atomic E-state index is 0.229. The van der Waals surface area contributed by atoms with Gasteiger partial charge in [0.2, 0.25) is 0 Å². The predicted octanol–water partition coefficient (Wildman–Crippen LogP) is 2.68. The Bertz CT molecular complexity index is 587. The lowest BCUT2D eigenvalue weighted by molar-refractivity contribution is 0.0508. The van der Waals surface area contributed by atoms with E-state index in [-0.39, 0.29) is 10.9 Å². The molecule has 0 bridgehead atoms. The van der Waals surface area contributed by atoms with Gasteiger partial charge in [-0.05, 0) is 45.4 Å². The summed E-state index contributed by atoms with van der Waals surface area (Å²) in [7, 11) is -3.26. The van der Waals surface area contributed by atoms with Crippen LogP contribution in [0.5, 0.6) is 0 Å². The highest BCUT2D eigenvalue weighted by Gasteiger charge is 2.19. The molecule has 0 radical (unpaired) electrons. The summed E-state index contributed by atoms with van der Waals surface area (Å²) in [5.74, 6) is 0. The first-order chi connectivity index (χ1) is 8.99. The second-order valence-corrected chi connectivity index (χ2v) is 7.73. The van der Waals surface area contributed by atoms with Crippen LogP contribution in [0.3, 0.4) is 0 Å². The van der Waals surface area contributed by atoms with E-state index in [1.165, 1.54) is 6.07 Å². The van der Waals surface area contributed by atoms with Crippen LogP contribution in [0, 0.1) is 0 Å². The van der Waals surface area contributed by atoms with Gasteiger partial charge >= 0.3 is 6.09 Å². The van der Waals surface area contributed by atoms with E-state index in [2.05, 4.69) is 5.32 Å². The van der Waals surface area contributed by atoms with Crippen LogP contribution in [0.25, 0.3) is 0 Å². The average Bonchev–Trinajstić information content (AvgIpc) is 2.25. The molecule has 20 heavy (non-hydrogen) atoms. The highest BCUT2D eigenvalue weighted by Crippen LogP contribution is 2.18. The Balaban J connectivity index is 2.83. The molecule has 0 aliphatic heterocycles. The second-order valence-electron chi connectivity index (χ2n) is 5.71. The van der Waals surface area contributed by atoms with Gasteiger partial charge in [0.1, 0.15) is 5.60 Å². The minimum Gasteiger partial charge on any atom is -0.444 e. The van der Waals surface area contributed by atoms with Crippen LogP contribution in [0.2, 0.25) is 0 Å². The van der Waals surface area contributed by atoms with E-state index in [4.69, 9.17) is 4.74 Å². The monoisotopic (exact) mass is 299 g/mol. The summed E-state index contributed by atoms with van der Waals surface area (Å²) < 4.78 is 28.2. The van der Waals surface area contributed by atoms with E-state index < -0.39 is 21.5 Å². The smallest absolute Gasteiger partial charge is 0.408 e. The minimum atomic E-state index is -3.26. The second kappa shape index (κ2) is 5.83. The zero-order chi connectivity index (χ0) is 15.6. The fourth-order valence-electron chi connectivity index (χ4n) is 1.58. The Morgan fingerprint density at radius 1 is 1.30 bits per heavy atom. The van der Waals surface area contributed by atoms with Crippen molar-refractivity contribution in [3.05, 3.63) is 29.8 Å². The normalized spacial score (nSPS) is 13.7. The number of carbonyl (C=O) groups excluding carboxylic acids is 1. The SMILES string of the molecule is CC(NC(=O)OC(C)(C)C)c1cccc(S(C)(=O)=O)c1. The van der Waals surface area contributed by atoms with Crippen molar-refractivity contribution in [2.24, 2.45) is 0 Å². The standard InChI is InChI=1S/C14H21NO4S/c1-10(15-13(16)19-14(2,3)4)11-7-6-8-12(9-11)20(5,17)18/h6-10H,1-5H3,(H,15,16). The molecular weight excluding hydrogens is 278 g/mol.